The Bertz CT molecular complexity index is 1070. The molecule has 0 unspecified atom stereocenters. The predicted octanol–water partition coefficient (Wildman–Crippen LogP) is 4.17. The van der Waals surface area contributed by atoms with Gasteiger partial charge in [0.2, 0.25) is 0 Å². The first-order chi connectivity index (χ1) is 14.5. The maximum atomic E-state index is 13.0. The van der Waals surface area contributed by atoms with Crippen LogP contribution in [-0.4, -0.2) is 35.1 Å². The van der Waals surface area contributed by atoms with Crippen LogP contribution in [0.25, 0.3) is 0 Å². The number of nitrogens with zero attached hydrogens (tertiary/aromatic N) is 2. The fourth-order valence-corrected chi connectivity index (χ4v) is 3.69. The zero-order valence-corrected chi connectivity index (χ0v) is 16.1. The molecular formula is C23H20FN3O3. The van der Waals surface area contributed by atoms with Gasteiger partial charge in [-0.15, -0.1) is 0 Å². The molecule has 2 heterocycles. The Morgan fingerprint density at radius 1 is 1.10 bits per heavy atom. The summed E-state index contributed by atoms with van der Waals surface area (Å²) in [6.45, 7) is 1.38. The van der Waals surface area contributed by atoms with Gasteiger partial charge in [0.25, 0.3) is 5.91 Å². The number of aromatic carboxylic acids is 1. The van der Waals surface area contributed by atoms with Crippen molar-refractivity contribution in [3.63, 3.8) is 0 Å². The van der Waals surface area contributed by atoms with Crippen LogP contribution >= 0.6 is 0 Å². The SMILES string of the molecule is O=C(Nc1cnc(N2CC[C@H](c3ccccc3)C2)c(C(=O)O)c1)c1ccc(F)cc1. The summed E-state index contributed by atoms with van der Waals surface area (Å²) in [5.74, 6) is -1.32. The first-order valence-corrected chi connectivity index (χ1v) is 9.61. The van der Waals surface area contributed by atoms with Gasteiger partial charge in [0, 0.05) is 24.6 Å². The van der Waals surface area contributed by atoms with E-state index in [0.717, 1.165) is 6.42 Å². The van der Waals surface area contributed by atoms with Crippen molar-refractivity contribution in [2.45, 2.75) is 12.3 Å². The molecule has 0 saturated carbocycles. The van der Waals surface area contributed by atoms with Crippen molar-refractivity contribution in [2.24, 2.45) is 0 Å². The number of nitrogens with one attached hydrogen (secondary N) is 1. The molecule has 2 N–H and O–H groups in total. The highest BCUT2D eigenvalue weighted by atomic mass is 19.1. The van der Waals surface area contributed by atoms with Crippen LogP contribution in [-0.2, 0) is 0 Å². The van der Waals surface area contributed by atoms with E-state index >= 15 is 0 Å². The van der Waals surface area contributed by atoms with Crippen LogP contribution in [0, 0.1) is 5.82 Å². The van der Waals surface area contributed by atoms with E-state index in [0.29, 0.717) is 24.8 Å². The third kappa shape index (κ3) is 4.15. The molecule has 152 valence electrons. The largest absolute Gasteiger partial charge is 0.478 e. The number of carbonyl (C=O) groups excluding carboxylic acids is 1. The first-order valence-electron chi connectivity index (χ1n) is 9.61. The van der Waals surface area contributed by atoms with Gasteiger partial charge in [0.15, 0.2) is 0 Å². The molecule has 2 aromatic carbocycles. The standard InChI is InChI=1S/C23H20FN3O3/c24-18-8-6-16(7-9-18)22(28)26-19-12-20(23(29)30)21(25-13-19)27-11-10-17(14-27)15-4-2-1-3-5-15/h1-9,12-13,17H,10-11,14H2,(H,26,28)(H,29,30)/t17-/m0/s1. The summed E-state index contributed by atoms with van der Waals surface area (Å²) in [6.07, 6.45) is 2.35. The third-order valence-corrected chi connectivity index (χ3v) is 5.22. The Balaban J connectivity index is 1.53. The molecule has 30 heavy (non-hydrogen) atoms. The second-order valence-electron chi connectivity index (χ2n) is 7.20. The second-order valence-corrected chi connectivity index (χ2v) is 7.20. The van der Waals surface area contributed by atoms with Gasteiger partial charge in [-0.05, 0) is 42.3 Å². The smallest absolute Gasteiger partial charge is 0.339 e. The molecule has 0 aliphatic carbocycles. The topological polar surface area (TPSA) is 82.5 Å². The molecule has 1 fully saturated rings. The van der Waals surface area contributed by atoms with E-state index < -0.39 is 17.7 Å². The van der Waals surface area contributed by atoms with E-state index in [9.17, 15) is 19.1 Å². The molecule has 1 aliphatic rings. The van der Waals surface area contributed by atoms with Crippen molar-refractivity contribution in [3.05, 3.63) is 89.4 Å². The van der Waals surface area contributed by atoms with Gasteiger partial charge in [-0.1, -0.05) is 30.3 Å². The molecule has 1 aromatic heterocycles. The van der Waals surface area contributed by atoms with Crippen molar-refractivity contribution < 1.29 is 19.1 Å². The van der Waals surface area contributed by atoms with E-state index in [1.54, 1.807) is 0 Å². The van der Waals surface area contributed by atoms with E-state index in [1.807, 2.05) is 23.1 Å². The monoisotopic (exact) mass is 405 g/mol. The Morgan fingerprint density at radius 3 is 2.53 bits per heavy atom. The summed E-state index contributed by atoms with van der Waals surface area (Å²) >= 11 is 0. The van der Waals surface area contributed by atoms with Crippen molar-refractivity contribution in [3.8, 4) is 0 Å². The predicted molar refractivity (Wildman–Crippen MR) is 112 cm³/mol. The van der Waals surface area contributed by atoms with Gasteiger partial charge in [-0.2, -0.15) is 0 Å². The summed E-state index contributed by atoms with van der Waals surface area (Å²) in [5, 5.41) is 12.3. The fourth-order valence-electron chi connectivity index (χ4n) is 3.69. The Morgan fingerprint density at radius 2 is 1.83 bits per heavy atom. The zero-order chi connectivity index (χ0) is 21.1. The van der Waals surface area contributed by atoms with Crippen LogP contribution in [0.4, 0.5) is 15.9 Å². The quantitative estimate of drug-likeness (QED) is 0.666. The van der Waals surface area contributed by atoms with Crippen LogP contribution in [0.15, 0.2) is 66.9 Å². The van der Waals surface area contributed by atoms with Crippen molar-refractivity contribution >= 4 is 23.4 Å². The second kappa shape index (κ2) is 8.32. The number of rotatable bonds is 5. The van der Waals surface area contributed by atoms with Crippen molar-refractivity contribution in [1.82, 2.24) is 4.98 Å². The number of pyridine rings is 1. The maximum absolute atomic E-state index is 13.0. The van der Waals surface area contributed by atoms with Crippen molar-refractivity contribution in [1.29, 1.82) is 0 Å². The van der Waals surface area contributed by atoms with Crippen LogP contribution < -0.4 is 10.2 Å². The highest BCUT2D eigenvalue weighted by Crippen LogP contribution is 2.32. The molecule has 4 rings (SSSR count). The number of hydrogen-bond acceptors (Lipinski definition) is 4. The number of carboxylic acid groups (broad SMARTS) is 1. The molecule has 6 nitrogen and oxygen atoms in total. The Labute approximate surface area is 173 Å². The minimum absolute atomic E-state index is 0.0283. The Hall–Kier alpha value is -3.74. The number of carbonyl (C=O) groups is 2. The maximum Gasteiger partial charge on any atom is 0.339 e. The molecular weight excluding hydrogens is 385 g/mol. The van der Waals surface area contributed by atoms with Crippen LogP contribution in [0.5, 0.6) is 0 Å². The van der Waals surface area contributed by atoms with Gasteiger partial charge in [-0.3, -0.25) is 4.79 Å². The number of hydrogen-bond donors (Lipinski definition) is 2. The van der Waals surface area contributed by atoms with Gasteiger partial charge in [-0.25, -0.2) is 14.2 Å². The molecule has 1 saturated heterocycles. The lowest BCUT2D eigenvalue weighted by Crippen LogP contribution is -2.23. The van der Waals surface area contributed by atoms with Crippen LogP contribution in [0.2, 0.25) is 0 Å². The van der Waals surface area contributed by atoms with E-state index in [1.165, 1.54) is 42.1 Å². The van der Waals surface area contributed by atoms with E-state index in [-0.39, 0.29) is 16.8 Å². The molecule has 1 amide bonds. The van der Waals surface area contributed by atoms with Crippen LogP contribution in [0.1, 0.15) is 38.6 Å². The Kier molecular flexibility index (Phi) is 5.43. The lowest BCUT2D eigenvalue weighted by molar-refractivity contribution is 0.0696. The average Bonchev–Trinajstić information content (AvgIpc) is 3.25. The lowest BCUT2D eigenvalue weighted by Gasteiger charge is -2.20. The molecule has 0 radical (unpaired) electrons. The minimum atomic E-state index is -1.11. The normalized spacial score (nSPS) is 15.8. The molecule has 3 aromatic rings. The number of amides is 1. The summed E-state index contributed by atoms with van der Waals surface area (Å²) in [5.41, 5.74) is 1.78. The average molecular weight is 405 g/mol. The van der Waals surface area contributed by atoms with Gasteiger partial charge < -0.3 is 15.3 Å². The lowest BCUT2D eigenvalue weighted by atomic mass is 9.99. The van der Waals surface area contributed by atoms with Gasteiger partial charge in [0.05, 0.1) is 11.9 Å². The summed E-state index contributed by atoms with van der Waals surface area (Å²) in [4.78, 5) is 30.5. The van der Waals surface area contributed by atoms with E-state index in [2.05, 4.69) is 22.4 Å². The van der Waals surface area contributed by atoms with E-state index in [4.69, 9.17) is 0 Å². The molecule has 7 heteroatoms. The number of carboxylic acids is 1. The van der Waals surface area contributed by atoms with Crippen LogP contribution in [0.3, 0.4) is 0 Å². The summed E-state index contributed by atoms with van der Waals surface area (Å²) in [7, 11) is 0. The van der Waals surface area contributed by atoms with Crippen molar-refractivity contribution in [2.75, 3.05) is 23.3 Å². The fraction of sp³-hybridized carbons (Fsp3) is 0.174. The highest BCUT2D eigenvalue weighted by molar-refractivity contribution is 6.05. The number of anilines is 2. The molecule has 1 atom stereocenters. The zero-order valence-electron chi connectivity index (χ0n) is 16.1. The highest BCUT2D eigenvalue weighted by Gasteiger charge is 2.28. The number of halogens is 1. The molecule has 1 aliphatic heterocycles. The molecule has 0 spiro atoms. The minimum Gasteiger partial charge on any atom is -0.478 e. The van der Waals surface area contributed by atoms with Gasteiger partial charge >= 0.3 is 5.97 Å². The van der Waals surface area contributed by atoms with Gasteiger partial charge in [0.1, 0.15) is 17.2 Å². The summed E-state index contributed by atoms with van der Waals surface area (Å²) < 4.78 is 13.0. The number of benzene rings is 2. The molecule has 0 bridgehead atoms. The number of aromatic nitrogens is 1. The third-order valence-electron chi connectivity index (χ3n) is 5.22. The first kappa shape index (κ1) is 19.6. The summed E-state index contributed by atoms with van der Waals surface area (Å²) in [6, 6.07) is 16.6.